The molecule has 0 heterocycles. The van der Waals surface area contributed by atoms with Crippen molar-refractivity contribution in [3.8, 4) is 23.0 Å². The van der Waals surface area contributed by atoms with Crippen molar-refractivity contribution in [3.63, 3.8) is 0 Å². The number of rotatable bonds is 10. The number of hydrogen-bond donors (Lipinski definition) is 8. The summed E-state index contributed by atoms with van der Waals surface area (Å²) in [6, 6.07) is 16.8. The normalized spacial score (nSPS) is 14.6. The molecule has 268 valence electrons. The summed E-state index contributed by atoms with van der Waals surface area (Å²) in [5.41, 5.74) is 16.6. The van der Waals surface area contributed by atoms with Crippen molar-refractivity contribution >= 4 is 15.2 Å². The number of ether oxygens (including phenoxy) is 2. The topological polar surface area (TPSA) is 226 Å². The predicted octanol–water partition coefficient (Wildman–Crippen LogP) is 5.62. The smallest absolute Gasteiger partial charge is 0.346 e. The highest BCUT2D eigenvalue weighted by Crippen LogP contribution is 2.51. The standard InChI is InChI=1S/C36H44N2O10P2/c1-3-11-47-33-21-7-5-8-22(33)14-26-18-30(36(38)50(44,45)46)20-28(32(26)40)16-24-10-6-9-23(34(24)48-12-4-2)15-27-19-29(35(37)49(41,42)43)17-25(13-21)31(27)39/h5-10,17-20,35-36,39-40H,3-4,11-16,37-38H2,1-2H3,(H2,41,42,43)(H2,44,45,46)/t35-,36-/m1/s1. The molecule has 14 heteroatoms. The second-order valence-electron chi connectivity index (χ2n) is 12.7. The minimum Gasteiger partial charge on any atom is -0.507 e. The Labute approximate surface area is 291 Å². The van der Waals surface area contributed by atoms with E-state index in [1.165, 1.54) is 24.3 Å². The van der Waals surface area contributed by atoms with Gasteiger partial charge in [0.25, 0.3) is 0 Å². The first kappa shape index (κ1) is 37.6. The summed E-state index contributed by atoms with van der Waals surface area (Å²) in [6.45, 7) is 4.59. The number of phenolic OH excluding ortho intramolecular Hbond substituents is 2. The highest BCUT2D eigenvalue weighted by Gasteiger charge is 2.30. The Morgan fingerprint density at radius 1 is 0.580 bits per heavy atom. The molecule has 4 aromatic carbocycles. The molecule has 0 aliphatic heterocycles. The summed E-state index contributed by atoms with van der Waals surface area (Å²) in [6.07, 6.45) is 1.77. The van der Waals surface area contributed by atoms with E-state index in [4.69, 9.17) is 20.9 Å². The maximum absolute atomic E-state index is 12.3. The summed E-state index contributed by atoms with van der Waals surface area (Å²) < 4.78 is 37.2. The first-order valence-corrected chi connectivity index (χ1v) is 19.8. The van der Waals surface area contributed by atoms with E-state index < -0.39 is 26.8 Å². The Morgan fingerprint density at radius 3 is 1.10 bits per heavy atom. The molecule has 0 saturated heterocycles. The van der Waals surface area contributed by atoms with Gasteiger partial charge < -0.3 is 50.7 Å². The van der Waals surface area contributed by atoms with E-state index in [0.717, 1.165) is 0 Å². The van der Waals surface area contributed by atoms with Crippen molar-refractivity contribution in [3.05, 3.63) is 116 Å². The fourth-order valence-corrected chi connectivity index (χ4v) is 7.35. The van der Waals surface area contributed by atoms with Crippen LogP contribution >= 0.6 is 15.2 Å². The van der Waals surface area contributed by atoms with Crippen LogP contribution in [0.3, 0.4) is 0 Å². The van der Waals surface area contributed by atoms with Crippen LogP contribution < -0.4 is 20.9 Å². The summed E-state index contributed by atoms with van der Waals surface area (Å²) >= 11 is 0. The summed E-state index contributed by atoms with van der Waals surface area (Å²) in [5, 5.41) is 23.5. The van der Waals surface area contributed by atoms with Crippen molar-refractivity contribution in [2.24, 2.45) is 11.5 Å². The predicted molar refractivity (Wildman–Crippen MR) is 190 cm³/mol. The van der Waals surface area contributed by atoms with Crippen LogP contribution in [0.25, 0.3) is 0 Å². The molecule has 10 N–H and O–H groups in total. The van der Waals surface area contributed by atoms with E-state index in [0.29, 0.717) is 82.1 Å². The maximum Gasteiger partial charge on any atom is 0.346 e. The maximum atomic E-state index is 12.3. The third-order valence-electron chi connectivity index (χ3n) is 8.77. The van der Waals surface area contributed by atoms with Gasteiger partial charge in [-0.15, -0.1) is 0 Å². The number of phenols is 2. The minimum absolute atomic E-state index is 0.0589. The van der Waals surface area contributed by atoms with E-state index >= 15 is 0 Å². The molecule has 0 saturated carbocycles. The van der Waals surface area contributed by atoms with Gasteiger partial charge in [-0.05, 0) is 92.7 Å². The summed E-state index contributed by atoms with van der Waals surface area (Å²) in [5.74, 6) is -2.40. The number of para-hydroxylation sites is 2. The zero-order chi connectivity index (χ0) is 36.4. The first-order chi connectivity index (χ1) is 23.6. The molecule has 0 unspecified atom stereocenters. The Hall–Kier alpha value is -3.70. The van der Waals surface area contributed by atoms with Crippen LogP contribution in [0.4, 0.5) is 0 Å². The van der Waals surface area contributed by atoms with Gasteiger partial charge >= 0.3 is 15.2 Å². The van der Waals surface area contributed by atoms with Crippen LogP contribution in [-0.2, 0) is 34.8 Å². The van der Waals surface area contributed by atoms with Crippen molar-refractivity contribution in [1.82, 2.24) is 0 Å². The van der Waals surface area contributed by atoms with E-state index in [1.54, 1.807) is 12.1 Å². The minimum atomic E-state index is -4.76. The third kappa shape index (κ3) is 8.26. The van der Waals surface area contributed by atoms with Gasteiger partial charge in [0.2, 0.25) is 0 Å². The molecule has 0 amide bonds. The van der Waals surface area contributed by atoms with E-state index in [9.17, 15) is 38.9 Å². The first-order valence-electron chi connectivity index (χ1n) is 16.4. The lowest BCUT2D eigenvalue weighted by Crippen LogP contribution is -2.13. The molecule has 0 spiro atoms. The second kappa shape index (κ2) is 15.3. The van der Waals surface area contributed by atoms with Crippen LogP contribution in [0.5, 0.6) is 23.0 Å². The molecule has 0 radical (unpaired) electrons. The van der Waals surface area contributed by atoms with Gasteiger partial charge in [-0.1, -0.05) is 50.2 Å². The van der Waals surface area contributed by atoms with Crippen LogP contribution in [0, 0.1) is 0 Å². The monoisotopic (exact) mass is 726 g/mol. The largest absolute Gasteiger partial charge is 0.507 e. The lowest BCUT2D eigenvalue weighted by Gasteiger charge is -2.23. The fourth-order valence-electron chi connectivity index (χ4n) is 6.28. The zero-order valence-electron chi connectivity index (χ0n) is 28.0. The van der Waals surface area contributed by atoms with Gasteiger partial charge in [0.05, 0.1) is 13.2 Å². The van der Waals surface area contributed by atoms with E-state index in [1.807, 2.05) is 38.1 Å². The average molecular weight is 727 g/mol. The Balaban J connectivity index is 1.82. The number of nitrogens with two attached hydrogens (primary N) is 2. The molecule has 12 nitrogen and oxygen atoms in total. The van der Waals surface area contributed by atoms with Crippen LogP contribution in [-0.4, -0.2) is 43.0 Å². The average Bonchev–Trinajstić information content (AvgIpc) is 3.05. The molecule has 0 aromatic heterocycles. The molecule has 2 atom stereocenters. The van der Waals surface area contributed by atoms with Crippen molar-refractivity contribution in [2.75, 3.05) is 13.2 Å². The third-order valence-corrected chi connectivity index (χ3v) is 10.8. The fraction of sp³-hybridized carbons (Fsp3) is 0.333. The summed E-state index contributed by atoms with van der Waals surface area (Å²) in [7, 11) is -9.52. The molecule has 1 aliphatic rings. The highest BCUT2D eigenvalue weighted by atomic mass is 31.2. The quantitative estimate of drug-likeness (QED) is 0.0821. The van der Waals surface area contributed by atoms with E-state index in [2.05, 4.69) is 0 Å². The van der Waals surface area contributed by atoms with Gasteiger partial charge in [0.15, 0.2) is 0 Å². The Kier molecular flexibility index (Phi) is 11.5. The molecule has 8 bridgehead atoms. The van der Waals surface area contributed by atoms with Gasteiger partial charge in [-0.2, -0.15) is 0 Å². The van der Waals surface area contributed by atoms with Crippen LogP contribution in [0.15, 0.2) is 60.7 Å². The zero-order valence-corrected chi connectivity index (χ0v) is 29.7. The Morgan fingerprint density at radius 2 is 0.860 bits per heavy atom. The molecule has 4 aromatic rings. The van der Waals surface area contributed by atoms with Gasteiger partial charge in [-0.3, -0.25) is 9.13 Å². The van der Waals surface area contributed by atoms with Crippen LogP contribution in [0.1, 0.15) is 93.9 Å². The molecule has 5 rings (SSSR count). The molecule has 1 aliphatic carbocycles. The lowest BCUT2D eigenvalue weighted by atomic mass is 9.89. The summed E-state index contributed by atoms with van der Waals surface area (Å²) in [4.78, 5) is 40.1. The van der Waals surface area contributed by atoms with Gasteiger partial charge in [-0.25, -0.2) is 0 Å². The van der Waals surface area contributed by atoms with Crippen molar-refractivity contribution < 1.29 is 48.4 Å². The number of hydrogen-bond acceptors (Lipinski definition) is 8. The number of fused-ring (bicyclic) bond motifs is 8. The number of aromatic hydroxyl groups is 2. The van der Waals surface area contributed by atoms with Gasteiger partial charge in [0.1, 0.15) is 34.6 Å². The molecule has 50 heavy (non-hydrogen) atoms. The second-order valence-corrected chi connectivity index (χ2v) is 16.1. The highest BCUT2D eigenvalue weighted by molar-refractivity contribution is 7.52. The SMILES string of the molecule is CCCOc1c2cccc1Cc1cc([C@H](N)P(=O)(O)O)cc(c1O)Cc1cccc(c1OCCC)Cc1cc([C@H](N)P(=O)(O)O)cc(c1O)C2. The molecular formula is C36H44N2O10P2. The van der Waals surface area contributed by atoms with Crippen LogP contribution in [0.2, 0.25) is 0 Å². The van der Waals surface area contributed by atoms with Crippen molar-refractivity contribution in [1.29, 1.82) is 0 Å². The van der Waals surface area contributed by atoms with E-state index in [-0.39, 0.29) is 48.3 Å². The lowest BCUT2D eigenvalue weighted by molar-refractivity contribution is 0.311. The molecular weight excluding hydrogens is 682 g/mol. The molecule has 0 fully saturated rings. The van der Waals surface area contributed by atoms with Gasteiger partial charge in [0, 0.05) is 25.7 Å². The number of benzene rings is 4. The van der Waals surface area contributed by atoms with Crippen molar-refractivity contribution in [2.45, 2.75) is 63.9 Å². The Bertz CT molecular complexity index is 1740.